The second kappa shape index (κ2) is 8.29. The number of carbonyl (C=O) groups is 2. The van der Waals surface area contributed by atoms with Crippen LogP contribution in [0.15, 0.2) is 42.5 Å². The van der Waals surface area contributed by atoms with Crippen LogP contribution in [0.25, 0.3) is 0 Å². The fraction of sp³-hybridized carbons (Fsp3) is 0.176. The van der Waals surface area contributed by atoms with Crippen molar-refractivity contribution in [3.8, 4) is 0 Å². The number of hydrogen-bond donors (Lipinski definition) is 2. The second-order valence-corrected chi connectivity index (χ2v) is 5.41. The number of hydrogen-bond acceptors (Lipinski definition) is 3. The van der Waals surface area contributed by atoms with Crippen LogP contribution in [0.2, 0.25) is 0 Å². The van der Waals surface area contributed by atoms with E-state index in [1.165, 1.54) is 42.3 Å². The van der Waals surface area contributed by atoms with Crippen molar-refractivity contribution in [1.29, 1.82) is 0 Å². The minimum absolute atomic E-state index is 0.109. The highest BCUT2D eigenvalue weighted by Crippen LogP contribution is 2.13. The maximum absolute atomic E-state index is 13.1. The molecule has 2 N–H and O–H groups in total. The standard InChI is InChI=1S/C17H16F3N3O2/c1-23(9-16(24)21-12-4-2-3-11(18)7-12)10-17(25)22-13-5-6-14(19)15(20)8-13/h2-8H,9-10H2,1H3,(H,21,24)(H,22,25). The lowest BCUT2D eigenvalue weighted by Crippen LogP contribution is -2.36. The number of benzene rings is 2. The summed E-state index contributed by atoms with van der Waals surface area (Å²) < 4.78 is 39.0. The molecule has 0 atom stereocenters. The van der Waals surface area contributed by atoms with E-state index < -0.39 is 29.3 Å². The predicted octanol–water partition coefficient (Wildman–Crippen LogP) is 2.61. The van der Waals surface area contributed by atoms with Crippen LogP contribution in [-0.2, 0) is 9.59 Å². The van der Waals surface area contributed by atoms with Gasteiger partial charge in [-0.3, -0.25) is 14.5 Å². The van der Waals surface area contributed by atoms with Gasteiger partial charge in [-0.15, -0.1) is 0 Å². The summed E-state index contributed by atoms with van der Waals surface area (Å²) in [6.45, 7) is -0.253. The van der Waals surface area contributed by atoms with E-state index in [1.807, 2.05) is 0 Å². The Bertz CT molecular complexity index is 783. The van der Waals surface area contributed by atoms with Crippen molar-refractivity contribution in [2.45, 2.75) is 0 Å². The van der Waals surface area contributed by atoms with Crippen molar-refractivity contribution in [3.63, 3.8) is 0 Å². The fourth-order valence-corrected chi connectivity index (χ4v) is 2.09. The topological polar surface area (TPSA) is 61.4 Å². The van der Waals surface area contributed by atoms with E-state index in [2.05, 4.69) is 10.6 Å². The van der Waals surface area contributed by atoms with Gasteiger partial charge in [0.1, 0.15) is 5.82 Å². The third kappa shape index (κ3) is 5.92. The average molecular weight is 351 g/mol. The van der Waals surface area contributed by atoms with E-state index in [9.17, 15) is 22.8 Å². The van der Waals surface area contributed by atoms with Gasteiger partial charge in [-0.05, 0) is 37.4 Å². The Morgan fingerprint density at radius 1 is 0.880 bits per heavy atom. The van der Waals surface area contributed by atoms with Crippen LogP contribution in [-0.4, -0.2) is 36.9 Å². The number of anilines is 2. The number of carbonyl (C=O) groups excluding carboxylic acids is 2. The fourth-order valence-electron chi connectivity index (χ4n) is 2.09. The van der Waals surface area contributed by atoms with E-state index >= 15 is 0 Å². The molecule has 25 heavy (non-hydrogen) atoms. The van der Waals surface area contributed by atoms with Gasteiger partial charge < -0.3 is 10.6 Å². The maximum Gasteiger partial charge on any atom is 0.238 e. The highest BCUT2D eigenvalue weighted by Gasteiger charge is 2.12. The van der Waals surface area contributed by atoms with Crippen LogP contribution in [0.5, 0.6) is 0 Å². The molecule has 0 radical (unpaired) electrons. The van der Waals surface area contributed by atoms with Crippen LogP contribution in [0, 0.1) is 17.5 Å². The van der Waals surface area contributed by atoms with E-state index in [4.69, 9.17) is 0 Å². The summed E-state index contributed by atoms with van der Waals surface area (Å²) >= 11 is 0. The van der Waals surface area contributed by atoms with Crippen LogP contribution in [0.1, 0.15) is 0 Å². The van der Waals surface area contributed by atoms with Crippen molar-refractivity contribution < 1.29 is 22.8 Å². The molecule has 2 aromatic carbocycles. The molecule has 2 aromatic rings. The first-order valence-electron chi connectivity index (χ1n) is 7.32. The monoisotopic (exact) mass is 351 g/mol. The molecule has 0 spiro atoms. The Balaban J connectivity index is 1.82. The molecule has 0 saturated heterocycles. The molecular formula is C17H16F3N3O2. The van der Waals surface area contributed by atoms with E-state index in [0.717, 1.165) is 12.1 Å². The first-order valence-corrected chi connectivity index (χ1v) is 7.32. The molecule has 0 aliphatic heterocycles. The third-order valence-corrected chi connectivity index (χ3v) is 3.14. The van der Waals surface area contributed by atoms with Crippen LogP contribution in [0.4, 0.5) is 24.5 Å². The van der Waals surface area contributed by atoms with Gasteiger partial charge in [-0.2, -0.15) is 0 Å². The van der Waals surface area contributed by atoms with Gasteiger partial charge in [0.25, 0.3) is 0 Å². The number of amides is 2. The lowest BCUT2D eigenvalue weighted by Gasteiger charge is -2.16. The molecule has 0 heterocycles. The van der Waals surface area contributed by atoms with Gasteiger partial charge in [0.05, 0.1) is 13.1 Å². The summed E-state index contributed by atoms with van der Waals surface area (Å²) in [6.07, 6.45) is 0. The van der Waals surface area contributed by atoms with Crippen molar-refractivity contribution in [1.82, 2.24) is 4.90 Å². The zero-order valence-electron chi connectivity index (χ0n) is 13.4. The molecule has 0 unspecified atom stereocenters. The Labute approximate surface area is 142 Å². The summed E-state index contributed by atoms with van der Waals surface area (Å²) in [4.78, 5) is 25.1. The molecule has 0 aliphatic carbocycles. The molecule has 5 nitrogen and oxygen atoms in total. The van der Waals surface area contributed by atoms with Crippen LogP contribution < -0.4 is 10.6 Å². The van der Waals surface area contributed by atoms with Gasteiger partial charge >= 0.3 is 0 Å². The van der Waals surface area contributed by atoms with Crippen molar-refractivity contribution >= 4 is 23.2 Å². The lowest BCUT2D eigenvalue weighted by atomic mass is 10.3. The van der Waals surface area contributed by atoms with Crippen molar-refractivity contribution in [2.24, 2.45) is 0 Å². The summed E-state index contributed by atoms with van der Waals surface area (Å²) in [5.41, 5.74) is 0.422. The molecule has 8 heteroatoms. The highest BCUT2D eigenvalue weighted by molar-refractivity contribution is 5.94. The maximum atomic E-state index is 13.1. The van der Waals surface area contributed by atoms with Crippen molar-refractivity contribution in [2.75, 3.05) is 30.8 Å². The first-order chi connectivity index (χ1) is 11.8. The minimum atomic E-state index is -1.07. The van der Waals surface area contributed by atoms with Gasteiger partial charge in [0.2, 0.25) is 11.8 Å². The smallest absolute Gasteiger partial charge is 0.238 e. The summed E-state index contributed by atoms with van der Waals surface area (Å²) in [7, 11) is 1.54. The van der Waals surface area contributed by atoms with Gasteiger partial charge in [-0.1, -0.05) is 6.07 Å². The lowest BCUT2D eigenvalue weighted by molar-refractivity contribution is -0.119. The largest absolute Gasteiger partial charge is 0.325 e. The number of likely N-dealkylation sites (N-methyl/N-ethyl adjacent to an activating group) is 1. The Kier molecular flexibility index (Phi) is 6.13. The molecule has 0 fully saturated rings. The molecule has 2 amide bonds. The zero-order valence-corrected chi connectivity index (χ0v) is 13.4. The second-order valence-electron chi connectivity index (χ2n) is 5.41. The Hall–Kier alpha value is -2.87. The Morgan fingerprint density at radius 2 is 1.48 bits per heavy atom. The number of nitrogens with zero attached hydrogens (tertiary/aromatic N) is 1. The molecule has 0 bridgehead atoms. The summed E-state index contributed by atoms with van der Waals surface area (Å²) in [5, 5.41) is 4.91. The van der Waals surface area contributed by atoms with Gasteiger partial charge in [0.15, 0.2) is 11.6 Å². The predicted molar refractivity (Wildman–Crippen MR) is 87.5 cm³/mol. The zero-order chi connectivity index (χ0) is 18.4. The normalized spacial score (nSPS) is 10.6. The third-order valence-electron chi connectivity index (χ3n) is 3.14. The van der Waals surface area contributed by atoms with E-state index in [-0.39, 0.29) is 18.8 Å². The number of rotatable bonds is 6. The average Bonchev–Trinajstić information content (AvgIpc) is 2.50. The molecular weight excluding hydrogens is 335 g/mol. The molecule has 0 aromatic heterocycles. The summed E-state index contributed by atoms with van der Waals surface area (Å²) in [6, 6.07) is 8.43. The van der Waals surface area contributed by atoms with E-state index in [0.29, 0.717) is 5.69 Å². The van der Waals surface area contributed by atoms with Crippen LogP contribution in [0.3, 0.4) is 0 Å². The van der Waals surface area contributed by atoms with E-state index in [1.54, 1.807) is 0 Å². The molecule has 0 saturated carbocycles. The van der Waals surface area contributed by atoms with Crippen molar-refractivity contribution in [3.05, 3.63) is 59.9 Å². The molecule has 132 valence electrons. The Morgan fingerprint density at radius 3 is 2.04 bits per heavy atom. The molecule has 2 rings (SSSR count). The SMILES string of the molecule is CN(CC(=O)Nc1cccc(F)c1)CC(=O)Nc1ccc(F)c(F)c1. The van der Waals surface area contributed by atoms with Gasteiger partial charge in [0, 0.05) is 17.4 Å². The quantitative estimate of drug-likeness (QED) is 0.841. The van der Waals surface area contributed by atoms with Crippen LogP contribution >= 0.6 is 0 Å². The first kappa shape index (κ1) is 18.5. The molecule has 0 aliphatic rings. The van der Waals surface area contributed by atoms with Gasteiger partial charge in [-0.25, -0.2) is 13.2 Å². The number of nitrogens with one attached hydrogen (secondary N) is 2. The number of halogens is 3. The minimum Gasteiger partial charge on any atom is -0.325 e. The highest BCUT2D eigenvalue weighted by atomic mass is 19.2. The summed E-state index contributed by atoms with van der Waals surface area (Å²) in [5.74, 6) is -3.47.